The molecule has 0 spiro atoms. The van der Waals surface area contributed by atoms with Crippen molar-refractivity contribution in [2.24, 2.45) is 0 Å². The Hall–Kier alpha value is -4.05. The Morgan fingerprint density at radius 3 is 2.56 bits per heavy atom. The number of anilines is 3. The number of rotatable bonds is 5. The molecule has 174 valence electrons. The largest absolute Gasteiger partial charge is 0.486 e. The molecular formula is C24H21N3O6S. The van der Waals surface area contributed by atoms with Crippen LogP contribution in [0.4, 0.5) is 17.1 Å². The number of sulfonamides is 1. The van der Waals surface area contributed by atoms with E-state index in [-0.39, 0.29) is 22.1 Å². The summed E-state index contributed by atoms with van der Waals surface area (Å²) in [6.07, 6.45) is 0.964. The second kappa shape index (κ2) is 8.71. The third-order valence-electron chi connectivity index (χ3n) is 5.50. The van der Waals surface area contributed by atoms with Crippen LogP contribution in [0.3, 0.4) is 0 Å². The number of nitrogens with one attached hydrogen (secondary N) is 3. The van der Waals surface area contributed by atoms with Crippen molar-refractivity contribution in [3.63, 3.8) is 0 Å². The molecule has 0 radical (unpaired) electrons. The lowest BCUT2D eigenvalue weighted by Crippen LogP contribution is -2.20. The number of carbonyl (C=O) groups excluding carboxylic acids is 2. The van der Waals surface area contributed by atoms with Crippen molar-refractivity contribution in [3.8, 4) is 11.5 Å². The first-order valence-electron chi connectivity index (χ1n) is 10.6. The van der Waals surface area contributed by atoms with Crippen molar-refractivity contribution in [2.45, 2.75) is 17.7 Å². The first-order chi connectivity index (χ1) is 16.4. The van der Waals surface area contributed by atoms with E-state index in [1.807, 2.05) is 0 Å². The molecule has 2 heterocycles. The highest BCUT2D eigenvalue weighted by Crippen LogP contribution is 2.33. The van der Waals surface area contributed by atoms with Crippen LogP contribution in [0.25, 0.3) is 0 Å². The first-order valence-corrected chi connectivity index (χ1v) is 12.1. The molecule has 0 saturated heterocycles. The van der Waals surface area contributed by atoms with Gasteiger partial charge in [-0.25, -0.2) is 8.42 Å². The van der Waals surface area contributed by atoms with E-state index < -0.39 is 15.9 Å². The van der Waals surface area contributed by atoms with Gasteiger partial charge in [-0.1, -0.05) is 12.1 Å². The number of aryl methyl sites for hydroxylation is 1. The van der Waals surface area contributed by atoms with Crippen LogP contribution >= 0.6 is 0 Å². The third kappa shape index (κ3) is 4.40. The lowest BCUT2D eigenvalue weighted by molar-refractivity contribution is -0.116. The number of benzene rings is 3. The van der Waals surface area contributed by atoms with Gasteiger partial charge in [-0.15, -0.1) is 0 Å². The van der Waals surface area contributed by atoms with Crippen LogP contribution in [0.1, 0.15) is 22.3 Å². The standard InChI is InChI=1S/C24H21N3O6S/c28-23-10-5-15-13-16(6-8-19(15)26-23)25-24(29)18-3-1-2-4-20(18)27-34(30,31)17-7-9-21-22(14-17)33-12-11-32-21/h1-4,6-9,13-14,27H,5,10-12H2,(H,25,29)(H,26,28). The molecule has 34 heavy (non-hydrogen) atoms. The van der Waals surface area contributed by atoms with E-state index >= 15 is 0 Å². The number of hydrogen-bond acceptors (Lipinski definition) is 6. The van der Waals surface area contributed by atoms with E-state index in [0.29, 0.717) is 43.2 Å². The summed E-state index contributed by atoms with van der Waals surface area (Å²) < 4.78 is 39.5. The van der Waals surface area contributed by atoms with E-state index in [9.17, 15) is 18.0 Å². The van der Waals surface area contributed by atoms with Crippen LogP contribution < -0.4 is 24.8 Å². The molecule has 0 atom stereocenters. The van der Waals surface area contributed by atoms with Crippen molar-refractivity contribution in [3.05, 3.63) is 71.8 Å². The van der Waals surface area contributed by atoms with E-state index in [4.69, 9.17) is 9.47 Å². The average molecular weight is 480 g/mol. The summed E-state index contributed by atoms with van der Waals surface area (Å²) in [6.45, 7) is 0.737. The molecule has 3 aromatic carbocycles. The number of hydrogen-bond donors (Lipinski definition) is 3. The molecule has 3 aromatic rings. The molecule has 0 aromatic heterocycles. The van der Waals surface area contributed by atoms with Gasteiger partial charge < -0.3 is 20.1 Å². The van der Waals surface area contributed by atoms with Crippen LogP contribution in [0.2, 0.25) is 0 Å². The van der Waals surface area contributed by atoms with Gasteiger partial charge in [0.15, 0.2) is 11.5 Å². The van der Waals surface area contributed by atoms with Crippen LogP contribution in [-0.4, -0.2) is 33.4 Å². The van der Waals surface area contributed by atoms with E-state index in [2.05, 4.69) is 15.4 Å². The Kier molecular flexibility index (Phi) is 5.58. The fraction of sp³-hybridized carbons (Fsp3) is 0.167. The molecule has 0 bridgehead atoms. The van der Waals surface area contributed by atoms with Gasteiger partial charge in [0.1, 0.15) is 13.2 Å². The van der Waals surface area contributed by atoms with Crippen molar-refractivity contribution in [1.29, 1.82) is 0 Å². The van der Waals surface area contributed by atoms with Crippen molar-refractivity contribution < 1.29 is 27.5 Å². The summed E-state index contributed by atoms with van der Waals surface area (Å²) in [5.41, 5.74) is 2.49. The van der Waals surface area contributed by atoms with E-state index in [1.165, 1.54) is 24.3 Å². The average Bonchev–Trinajstić information content (AvgIpc) is 2.84. The number of ether oxygens (including phenoxy) is 2. The summed E-state index contributed by atoms with van der Waals surface area (Å²) >= 11 is 0. The van der Waals surface area contributed by atoms with Crippen molar-refractivity contribution in [1.82, 2.24) is 0 Å². The van der Waals surface area contributed by atoms with Crippen LogP contribution in [0.5, 0.6) is 11.5 Å². The third-order valence-corrected chi connectivity index (χ3v) is 6.86. The molecule has 5 rings (SSSR count). The van der Waals surface area contributed by atoms with Gasteiger partial charge in [-0.05, 0) is 54.4 Å². The maximum atomic E-state index is 13.0. The lowest BCUT2D eigenvalue weighted by atomic mass is 10.0. The van der Waals surface area contributed by atoms with E-state index in [0.717, 1.165) is 11.3 Å². The number of amides is 2. The molecular weight excluding hydrogens is 458 g/mol. The zero-order chi connectivity index (χ0) is 23.7. The van der Waals surface area contributed by atoms with Crippen LogP contribution in [-0.2, 0) is 21.2 Å². The monoisotopic (exact) mass is 479 g/mol. The summed E-state index contributed by atoms with van der Waals surface area (Å²) in [4.78, 5) is 24.6. The molecule has 0 saturated carbocycles. The fourth-order valence-corrected chi connectivity index (χ4v) is 4.92. The Balaban J connectivity index is 1.37. The SMILES string of the molecule is O=C1CCc2cc(NC(=O)c3ccccc3NS(=O)(=O)c3ccc4c(c3)OCCO4)ccc2N1. The number of carbonyl (C=O) groups is 2. The van der Waals surface area contributed by atoms with E-state index in [1.54, 1.807) is 36.4 Å². The molecule has 0 fully saturated rings. The maximum absolute atomic E-state index is 13.0. The summed E-state index contributed by atoms with van der Waals surface area (Å²) in [5.74, 6) is 0.321. The molecule has 10 heteroatoms. The Morgan fingerprint density at radius 2 is 1.71 bits per heavy atom. The number of fused-ring (bicyclic) bond motifs is 2. The predicted octanol–water partition coefficient (Wildman–Crippen LogP) is 3.40. The highest BCUT2D eigenvalue weighted by atomic mass is 32.2. The molecule has 2 amide bonds. The van der Waals surface area contributed by atoms with Gasteiger partial charge in [-0.3, -0.25) is 14.3 Å². The summed E-state index contributed by atoms with van der Waals surface area (Å²) in [7, 11) is -4.00. The lowest BCUT2D eigenvalue weighted by Gasteiger charge is -2.19. The van der Waals surface area contributed by atoms with Crippen molar-refractivity contribution >= 4 is 38.9 Å². The second-order valence-corrected chi connectivity index (χ2v) is 9.51. The minimum absolute atomic E-state index is 0.0105. The smallest absolute Gasteiger partial charge is 0.262 e. The van der Waals surface area contributed by atoms with Gasteiger partial charge >= 0.3 is 0 Å². The first kappa shape index (κ1) is 21.8. The van der Waals surface area contributed by atoms with Crippen LogP contribution in [0.15, 0.2) is 65.6 Å². The van der Waals surface area contributed by atoms with Gasteiger partial charge in [0.05, 0.1) is 16.1 Å². The molecule has 0 unspecified atom stereocenters. The molecule has 0 aliphatic carbocycles. The van der Waals surface area contributed by atoms with Gasteiger partial charge in [0, 0.05) is 23.9 Å². The van der Waals surface area contributed by atoms with Gasteiger partial charge in [0.25, 0.3) is 15.9 Å². The van der Waals surface area contributed by atoms with Gasteiger partial charge in [-0.2, -0.15) is 0 Å². The zero-order valence-corrected chi connectivity index (χ0v) is 18.8. The Morgan fingerprint density at radius 1 is 0.912 bits per heavy atom. The Labute approximate surface area is 196 Å². The molecule has 9 nitrogen and oxygen atoms in total. The second-order valence-electron chi connectivity index (χ2n) is 7.83. The zero-order valence-electron chi connectivity index (χ0n) is 18.0. The highest BCUT2D eigenvalue weighted by molar-refractivity contribution is 7.92. The summed E-state index contributed by atoms with van der Waals surface area (Å²) in [5, 5.41) is 5.60. The molecule has 2 aliphatic heterocycles. The highest BCUT2D eigenvalue weighted by Gasteiger charge is 2.22. The number of para-hydroxylation sites is 1. The molecule has 3 N–H and O–H groups in total. The minimum Gasteiger partial charge on any atom is -0.486 e. The van der Waals surface area contributed by atoms with Crippen molar-refractivity contribution in [2.75, 3.05) is 28.6 Å². The quantitative estimate of drug-likeness (QED) is 0.516. The Bertz CT molecular complexity index is 1400. The normalized spacial score (nSPS) is 14.5. The summed E-state index contributed by atoms with van der Waals surface area (Å²) in [6, 6.07) is 15.9. The van der Waals surface area contributed by atoms with Gasteiger partial charge in [0.2, 0.25) is 5.91 Å². The fourth-order valence-electron chi connectivity index (χ4n) is 3.82. The molecule has 2 aliphatic rings. The topological polar surface area (TPSA) is 123 Å². The minimum atomic E-state index is -4.00. The van der Waals surface area contributed by atoms with Crippen LogP contribution in [0, 0.1) is 0 Å². The predicted molar refractivity (Wildman–Crippen MR) is 126 cm³/mol. The maximum Gasteiger partial charge on any atom is 0.262 e.